The standard InChI is InChI=1S/C21H25N3.C20H22/c1-4-5-17-7-9-18(10-8-17)11-13-19-12-6-16(2)14-20(19)21-15-24(3)23-22-21;1-4-6-17-8-10-18(11-9-17)12-14-20-13-7-16(3)15-19(20)5-2/h6-10,12,14-15H,4-5,11,13H2,1-3H3;2,7-11,13,15H,4,6,12,14H2,1,3H3. The Kier molecular flexibility index (Phi) is 12.1. The van der Waals surface area contributed by atoms with Crippen molar-refractivity contribution in [3.8, 4) is 23.6 Å². The van der Waals surface area contributed by atoms with E-state index in [9.17, 15) is 0 Å². The summed E-state index contributed by atoms with van der Waals surface area (Å²) in [5.74, 6) is 2.80. The van der Waals surface area contributed by atoms with Crippen molar-refractivity contribution in [3.05, 3.63) is 141 Å². The van der Waals surface area contributed by atoms with Crippen LogP contribution in [-0.4, -0.2) is 15.0 Å². The third-order valence-electron chi connectivity index (χ3n) is 8.05. The first-order valence-corrected chi connectivity index (χ1v) is 16.1. The van der Waals surface area contributed by atoms with Crippen molar-refractivity contribution >= 4 is 0 Å². The quantitative estimate of drug-likeness (QED) is 0.146. The van der Waals surface area contributed by atoms with E-state index in [-0.39, 0.29) is 0 Å². The number of nitrogens with zero attached hydrogens (tertiary/aromatic N) is 3. The molecule has 5 rings (SSSR count). The molecule has 0 aliphatic carbocycles. The van der Waals surface area contributed by atoms with Gasteiger partial charge in [-0.1, -0.05) is 116 Å². The van der Waals surface area contributed by atoms with Crippen molar-refractivity contribution in [3.63, 3.8) is 0 Å². The lowest BCUT2D eigenvalue weighted by Crippen LogP contribution is -1.96. The maximum atomic E-state index is 5.59. The molecule has 0 amide bonds. The summed E-state index contributed by atoms with van der Waals surface area (Å²) in [7, 11) is 1.91. The average molecular weight is 582 g/mol. The topological polar surface area (TPSA) is 30.7 Å². The van der Waals surface area contributed by atoms with Gasteiger partial charge in [0.25, 0.3) is 0 Å². The number of benzene rings is 4. The molecule has 0 N–H and O–H groups in total. The van der Waals surface area contributed by atoms with Gasteiger partial charge in [-0.3, -0.25) is 4.68 Å². The van der Waals surface area contributed by atoms with Crippen LogP contribution in [-0.2, 0) is 45.6 Å². The molecule has 0 saturated heterocycles. The Labute approximate surface area is 265 Å². The van der Waals surface area contributed by atoms with Gasteiger partial charge in [0.1, 0.15) is 5.69 Å². The van der Waals surface area contributed by atoms with E-state index in [0.29, 0.717) is 0 Å². The number of terminal acetylenes is 1. The van der Waals surface area contributed by atoms with E-state index in [0.717, 1.165) is 43.4 Å². The lowest BCUT2D eigenvalue weighted by molar-refractivity contribution is 0.715. The zero-order valence-electron chi connectivity index (χ0n) is 27.2. The Balaban J connectivity index is 0.000000204. The average Bonchev–Trinajstić information content (AvgIpc) is 3.47. The van der Waals surface area contributed by atoms with Crippen LogP contribution in [0.4, 0.5) is 0 Å². The number of hydrogen-bond donors (Lipinski definition) is 0. The van der Waals surface area contributed by atoms with Gasteiger partial charge < -0.3 is 0 Å². The molecule has 0 bridgehead atoms. The maximum Gasteiger partial charge on any atom is 0.113 e. The number of rotatable bonds is 11. The number of aryl methyl sites for hydroxylation is 9. The SMILES string of the molecule is C#Cc1cc(C)ccc1CCc1ccc(CCC)cc1.CCCc1ccc(CCc2ccc(C)cc2-c2cn(C)nn2)cc1. The van der Waals surface area contributed by atoms with Crippen LogP contribution in [0.25, 0.3) is 11.3 Å². The highest BCUT2D eigenvalue weighted by Crippen LogP contribution is 2.24. The predicted octanol–water partition coefficient (Wildman–Crippen LogP) is 9.24. The Hall–Kier alpha value is -4.42. The van der Waals surface area contributed by atoms with Crippen LogP contribution in [0.5, 0.6) is 0 Å². The van der Waals surface area contributed by atoms with Gasteiger partial charge in [0.2, 0.25) is 0 Å². The third-order valence-corrected chi connectivity index (χ3v) is 8.05. The largest absolute Gasteiger partial charge is 0.255 e. The van der Waals surface area contributed by atoms with Crippen LogP contribution in [0.1, 0.15) is 76.8 Å². The first-order chi connectivity index (χ1) is 21.4. The monoisotopic (exact) mass is 581 g/mol. The van der Waals surface area contributed by atoms with Crippen molar-refractivity contribution in [2.24, 2.45) is 7.05 Å². The van der Waals surface area contributed by atoms with Gasteiger partial charge in [-0.15, -0.1) is 11.5 Å². The molecule has 3 heteroatoms. The van der Waals surface area contributed by atoms with Gasteiger partial charge >= 0.3 is 0 Å². The van der Waals surface area contributed by atoms with Crippen molar-refractivity contribution < 1.29 is 0 Å². The minimum absolute atomic E-state index is 0.953. The summed E-state index contributed by atoms with van der Waals surface area (Å²) < 4.78 is 1.76. The van der Waals surface area contributed by atoms with Gasteiger partial charge in [-0.25, -0.2) is 0 Å². The molecule has 5 aromatic rings. The molecule has 1 aromatic heterocycles. The molecule has 4 aromatic carbocycles. The lowest BCUT2D eigenvalue weighted by atomic mass is 9.96. The van der Waals surface area contributed by atoms with Crippen LogP contribution in [0.15, 0.2) is 91.1 Å². The van der Waals surface area contributed by atoms with Gasteiger partial charge in [-0.2, -0.15) is 0 Å². The summed E-state index contributed by atoms with van der Waals surface area (Å²) >= 11 is 0. The normalized spacial score (nSPS) is 10.6. The molecule has 0 atom stereocenters. The predicted molar refractivity (Wildman–Crippen MR) is 186 cm³/mol. The number of aromatic nitrogens is 3. The molecule has 3 nitrogen and oxygen atoms in total. The molecule has 0 aliphatic rings. The summed E-state index contributed by atoms with van der Waals surface area (Å²) in [4.78, 5) is 0. The van der Waals surface area contributed by atoms with E-state index in [1.165, 1.54) is 69.3 Å². The van der Waals surface area contributed by atoms with Crippen LogP contribution >= 0.6 is 0 Å². The molecule has 1 heterocycles. The van der Waals surface area contributed by atoms with Crippen molar-refractivity contribution in [1.82, 2.24) is 15.0 Å². The van der Waals surface area contributed by atoms with Crippen LogP contribution in [0.3, 0.4) is 0 Å². The highest BCUT2D eigenvalue weighted by Gasteiger charge is 2.10. The first kappa shape index (κ1) is 32.5. The molecule has 0 fully saturated rings. The fourth-order valence-electron chi connectivity index (χ4n) is 5.54. The van der Waals surface area contributed by atoms with Crippen molar-refractivity contribution in [2.75, 3.05) is 0 Å². The molecule has 226 valence electrons. The van der Waals surface area contributed by atoms with E-state index in [1.54, 1.807) is 4.68 Å². The molecule has 0 unspecified atom stereocenters. The molecule has 44 heavy (non-hydrogen) atoms. The van der Waals surface area contributed by atoms with Gasteiger partial charge in [-0.05, 0) is 103 Å². The van der Waals surface area contributed by atoms with E-state index >= 15 is 0 Å². The van der Waals surface area contributed by atoms with Crippen LogP contribution in [0, 0.1) is 26.2 Å². The molecule has 0 saturated carbocycles. The fraction of sp³-hybridized carbons (Fsp3) is 0.317. The highest BCUT2D eigenvalue weighted by atomic mass is 15.4. The van der Waals surface area contributed by atoms with Crippen LogP contribution in [0.2, 0.25) is 0 Å². The smallest absolute Gasteiger partial charge is 0.113 e. The Morgan fingerprint density at radius 1 is 0.614 bits per heavy atom. The van der Waals surface area contributed by atoms with E-state index < -0.39 is 0 Å². The minimum atomic E-state index is 0.953. The second-order valence-electron chi connectivity index (χ2n) is 11.9. The van der Waals surface area contributed by atoms with E-state index in [2.05, 4.69) is 129 Å². The van der Waals surface area contributed by atoms with Gasteiger partial charge in [0.15, 0.2) is 0 Å². The zero-order valence-corrected chi connectivity index (χ0v) is 27.2. The molecule has 0 aliphatic heterocycles. The molecular weight excluding hydrogens is 534 g/mol. The fourth-order valence-corrected chi connectivity index (χ4v) is 5.54. The summed E-state index contributed by atoms with van der Waals surface area (Å²) in [6.07, 6.45) is 16.4. The van der Waals surface area contributed by atoms with Crippen LogP contribution < -0.4 is 0 Å². The number of hydrogen-bond acceptors (Lipinski definition) is 2. The van der Waals surface area contributed by atoms with E-state index in [1.807, 2.05) is 13.2 Å². The Bertz CT molecular complexity index is 1650. The maximum absolute atomic E-state index is 5.59. The third kappa shape index (κ3) is 9.55. The second kappa shape index (κ2) is 16.4. The summed E-state index contributed by atoms with van der Waals surface area (Å²) in [6, 6.07) is 31.1. The molecular formula is C41H47N3. The highest BCUT2D eigenvalue weighted by molar-refractivity contribution is 5.63. The minimum Gasteiger partial charge on any atom is -0.255 e. The Morgan fingerprint density at radius 3 is 1.57 bits per heavy atom. The summed E-state index contributed by atoms with van der Waals surface area (Å²) in [5, 5.41) is 8.36. The van der Waals surface area contributed by atoms with Gasteiger partial charge in [0.05, 0.1) is 6.20 Å². The summed E-state index contributed by atoms with van der Waals surface area (Å²) in [5.41, 5.74) is 13.9. The zero-order chi connectivity index (χ0) is 31.3. The lowest BCUT2D eigenvalue weighted by Gasteiger charge is -2.09. The molecule has 0 radical (unpaired) electrons. The first-order valence-electron chi connectivity index (χ1n) is 16.1. The van der Waals surface area contributed by atoms with Crippen molar-refractivity contribution in [2.45, 2.75) is 79.1 Å². The Morgan fingerprint density at radius 2 is 1.09 bits per heavy atom. The van der Waals surface area contributed by atoms with E-state index in [4.69, 9.17) is 6.42 Å². The van der Waals surface area contributed by atoms with Crippen molar-refractivity contribution in [1.29, 1.82) is 0 Å². The second-order valence-corrected chi connectivity index (χ2v) is 11.9. The molecule has 0 spiro atoms. The van der Waals surface area contributed by atoms with Gasteiger partial charge in [0, 0.05) is 18.2 Å². The summed E-state index contributed by atoms with van der Waals surface area (Å²) in [6.45, 7) is 8.64.